The van der Waals surface area contributed by atoms with Gasteiger partial charge in [-0.05, 0) is 54.6 Å². The summed E-state index contributed by atoms with van der Waals surface area (Å²) in [7, 11) is 4.40. The lowest BCUT2D eigenvalue weighted by Crippen LogP contribution is -2.31. The van der Waals surface area contributed by atoms with Crippen LogP contribution in [0.5, 0.6) is 0 Å². The van der Waals surface area contributed by atoms with E-state index in [0.29, 0.717) is 11.8 Å². The highest BCUT2D eigenvalue weighted by Crippen LogP contribution is 2.55. The Balaban J connectivity index is 0.00000132. The van der Waals surface area contributed by atoms with E-state index >= 15 is 0 Å². The lowest BCUT2D eigenvalue weighted by Gasteiger charge is -2.34. The van der Waals surface area contributed by atoms with Crippen LogP contribution in [-0.4, -0.2) is 25.5 Å². The Labute approximate surface area is 133 Å². The number of benzene rings is 2. The molecule has 0 unspecified atom stereocenters. The molecule has 2 bridgehead atoms. The Kier molecular flexibility index (Phi) is 3.81. The summed E-state index contributed by atoms with van der Waals surface area (Å²) in [4.78, 5) is 2.35. The van der Waals surface area contributed by atoms with Crippen LogP contribution in [0.3, 0.4) is 0 Å². The molecule has 2 heteroatoms. The topological polar surface area (TPSA) is 3.24 Å². The molecular formula is C19H22ClN. The maximum Gasteiger partial charge on any atom is 0.0141 e. The summed E-state index contributed by atoms with van der Waals surface area (Å²) >= 11 is 0. The van der Waals surface area contributed by atoms with E-state index in [-0.39, 0.29) is 12.4 Å². The maximum absolute atomic E-state index is 2.36. The van der Waals surface area contributed by atoms with Gasteiger partial charge in [-0.25, -0.2) is 0 Å². The molecule has 0 aromatic heterocycles. The normalized spacial score (nSPS) is 25.2. The Morgan fingerprint density at radius 1 is 0.905 bits per heavy atom. The van der Waals surface area contributed by atoms with Crippen LogP contribution in [0.1, 0.15) is 34.1 Å². The number of rotatable bonds is 2. The van der Waals surface area contributed by atoms with Crippen molar-refractivity contribution in [3.05, 3.63) is 70.8 Å². The highest BCUT2D eigenvalue weighted by Gasteiger charge is 2.45. The first-order valence-electron chi connectivity index (χ1n) is 7.57. The van der Waals surface area contributed by atoms with Crippen molar-refractivity contribution in [1.29, 1.82) is 0 Å². The van der Waals surface area contributed by atoms with Crippen molar-refractivity contribution >= 4 is 12.4 Å². The molecule has 0 fully saturated rings. The van der Waals surface area contributed by atoms with Crippen LogP contribution in [0.15, 0.2) is 48.5 Å². The predicted octanol–water partition coefficient (Wildman–Crippen LogP) is 4.07. The van der Waals surface area contributed by atoms with E-state index in [2.05, 4.69) is 67.5 Å². The van der Waals surface area contributed by atoms with Crippen molar-refractivity contribution in [2.45, 2.75) is 18.3 Å². The van der Waals surface area contributed by atoms with E-state index in [1.165, 1.54) is 13.0 Å². The first-order valence-corrected chi connectivity index (χ1v) is 7.57. The minimum atomic E-state index is 0. The lowest BCUT2D eigenvalue weighted by molar-refractivity contribution is 0.274. The van der Waals surface area contributed by atoms with Gasteiger partial charge in [-0.3, -0.25) is 0 Å². The predicted molar refractivity (Wildman–Crippen MR) is 90.5 cm³/mol. The van der Waals surface area contributed by atoms with Gasteiger partial charge in [0, 0.05) is 12.5 Å². The highest BCUT2D eigenvalue weighted by atomic mass is 35.5. The molecule has 21 heavy (non-hydrogen) atoms. The van der Waals surface area contributed by atoms with Crippen LogP contribution in [0, 0.1) is 5.92 Å². The average molecular weight is 300 g/mol. The van der Waals surface area contributed by atoms with E-state index in [4.69, 9.17) is 0 Å². The van der Waals surface area contributed by atoms with Crippen molar-refractivity contribution in [2.75, 3.05) is 20.6 Å². The molecule has 0 aliphatic heterocycles. The van der Waals surface area contributed by atoms with Crippen LogP contribution in [0.2, 0.25) is 0 Å². The van der Waals surface area contributed by atoms with Crippen molar-refractivity contribution < 1.29 is 0 Å². The molecule has 0 saturated carbocycles. The third kappa shape index (κ3) is 2.20. The second-order valence-electron chi connectivity index (χ2n) is 6.54. The fourth-order valence-corrected chi connectivity index (χ4v) is 4.40. The standard InChI is InChI=1S/C19H21N.ClH/c1-20(2)12-18-17-11-13-7-3-4-8-14(13)19(18)16-10-6-5-9-15(16)17;/h3-10,17-19H,11-12H2,1-2H3;1H/t17-,18+,19+;/m0./s1. The van der Waals surface area contributed by atoms with Gasteiger partial charge < -0.3 is 4.90 Å². The zero-order chi connectivity index (χ0) is 13.7. The molecule has 0 saturated heterocycles. The fraction of sp³-hybridized carbons (Fsp3) is 0.368. The third-order valence-electron chi connectivity index (χ3n) is 5.08. The Morgan fingerprint density at radius 2 is 1.52 bits per heavy atom. The van der Waals surface area contributed by atoms with Gasteiger partial charge in [-0.2, -0.15) is 0 Å². The molecule has 2 aromatic rings. The van der Waals surface area contributed by atoms with Crippen molar-refractivity contribution in [3.63, 3.8) is 0 Å². The van der Waals surface area contributed by atoms with Gasteiger partial charge in [0.2, 0.25) is 0 Å². The van der Waals surface area contributed by atoms with E-state index < -0.39 is 0 Å². The van der Waals surface area contributed by atoms with Gasteiger partial charge in [0.1, 0.15) is 0 Å². The third-order valence-corrected chi connectivity index (χ3v) is 5.08. The smallest absolute Gasteiger partial charge is 0.0141 e. The molecule has 2 aliphatic carbocycles. The lowest BCUT2D eigenvalue weighted by atomic mass is 9.73. The molecule has 3 atom stereocenters. The summed E-state index contributed by atoms with van der Waals surface area (Å²) in [5, 5.41) is 0. The second-order valence-corrected chi connectivity index (χ2v) is 6.54. The minimum absolute atomic E-state index is 0. The van der Waals surface area contributed by atoms with Crippen LogP contribution in [-0.2, 0) is 6.42 Å². The van der Waals surface area contributed by atoms with Gasteiger partial charge in [-0.1, -0.05) is 48.5 Å². The van der Waals surface area contributed by atoms with Crippen LogP contribution in [0.4, 0.5) is 0 Å². The Morgan fingerprint density at radius 3 is 2.24 bits per heavy atom. The van der Waals surface area contributed by atoms with Crippen LogP contribution < -0.4 is 0 Å². The minimum Gasteiger partial charge on any atom is -0.309 e. The molecule has 0 spiro atoms. The molecule has 2 aliphatic rings. The van der Waals surface area contributed by atoms with Gasteiger partial charge in [0.25, 0.3) is 0 Å². The number of halogens is 1. The van der Waals surface area contributed by atoms with Gasteiger partial charge >= 0.3 is 0 Å². The van der Waals surface area contributed by atoms with E-state index in [0.717, 1.165) is 5.92 Å². The van der Waals surface area contributed by atoms with Crippen LogP contribution >= 0.6 is 12.4 Å². The molecule has 2 aromatic carbocycles. The average Bonchev–Trinajstić information content (AvgIpc) is 2.65. The first kappa shape index (κ1) is 14.6. The molecule has 0 N–H and O–H groups in total. The maximum atomic E-state index is 2.36. The van der Waals surface area contributed by atoms with E-state index in [1.807, 2.05) is 0 Å². The first-order chi connectivity index (χ1) is 9.75. The molecular weight excluding hydrogens is 278 g/mol. The largest absolute Gasteiger partial charge is 0.309 e. The summed E-state index contributed by atoms with van der Waals surface area (Å²) < 4.78 is 0. The number of nitrogens with zero attached hydrogens (tertiary/aromatic N) is 1. The summed E-state index contributed by atoms with van der Waals surface area (Å²) in [6.45, 7) is 1.18. The second kappa shape index (κ2) is 5.47. The highest BCUT2D eigenvalue weighted by molar-refractivity contribution is 5.85. The molecule has 1 nitrogen and oxygen atoms in total. The molecule has 110 valence electrons. The molecule has 4 rings (SSSR count). The molecule has 0 amide bonds. The number of hydrogen-bond acceptors (Lipinski definition) is 1. The van der Waals surface area contributed by atoms with Gasteiger partial charge in [-0.15, -0.1) is 12.4 Å². The monoisotopic (exact) mass is 299 g/mol. The van der Waals surface area contributed by atoms with Crippen molar-refractivity contribution in [1.82, 2.24) is 4.90 Å². The quantitative estimate of drug-likeness (QED) is 0.808. The van der Waals surface area contributed by atoms with Crippen LogP contribution in [0.25, 0.3) is 0 Å². The van der Waals surface area contributed by atoms with Crippen molar-refractivity contribution in [2.24, 2.45) is 5.92 Å². The zero-order valence-corrected chi connectivity index (χ0v) is 13.4. The van der Waals surface area contributed by atoms with E-state index in [1.54, 1.807) is 22.3 Å². The van der Waals surface area contributed by atoms with Gasteiger partial charge in [0.15, 0.2) is 0 Å². The SMILES string of the molecule is CN(C)C[C@H]1[C@@H]2c3ccccc3C[C@H]1c1ccccc12.Cl. The Bertz CT molecular complexity index is 639. The van der Waals surface area contributed by atoms with Gasteiger partial charge in [0.05, 0.1) is 0 Å². The summed E-state index contributed by atoms with van der Waals surface area (Å²) in [5.74, 6) is 2.04. The van der Waals surface area contributed by atoms with Crippen molar-refractivity contribution in [3.8, 4) is 0 Å². The number of fused-ring (bicyclic) bond motifs is 7. The molecule has 0 radical (unpaired) electrons. The number of hydrogen-bond donors (Lipinski definition) is 0. The zero-order valence-electron chi connectivity index (χ0n) is 12.6. The molecule has 0 heterocycles. The summed E-state index contributed by atoms with van der Waals surface area (Å²) in [5.41, 5.74) is 6.31. The Hall–Kier alpha value is -1.31. The fourth-order valence-electron chi connectivity index (χ4n) is 4.40. The summed E-state index contributed by atoms with van der Waals surface area (Å²) in [6, 6.07) is 18.2. The van der Waals surface area contributed by atoms with E-state index in [9.17, 15) is 0 Å². The summed E-state index contributed by atoms with van der Waals surface area (Å²) in [6.07, 6.45) is 1.21.